The average Bonchev–Trinajstić information content (AvgIpc) is 1.25. The molecule has 0 saturated carbocycles. The smallest absolute Gasteiger partial charge is 0.357 e. The van der Waals surface area contributed by atoms with Crippen LogP contribution in [0.4, 0.5) is 0 Å². The predicted octanol–water partition coefficient (Wildman–Crippen LogP) is -6.91. The molecular formula is HClKNO6. The molecule has 0 atom stereocenters. The first-order valence-corrected chi connectivity index (χ1v) is 1.95. The molecule has 0 aliphatic heterocycles. The monoisotopic (exact) mass is 185 g/mol. The molecule has 0 bridgehead atoms. The van der Waals surface area contributed by atoms with Crippen molar-refractivity contribution in [3.63, 3.8) is 0 Å². The maximum absolute atomic E-state index is 8.41. The largest absolute Gasteiger partial charge is 1.00 e. The van der Waals surface area contributed by atoms with Crippen LogP contribution in [0.5, 0.6) is 0 Å². The number of halogens is 1. The van der Waals surface area contributed by atoms with Crippen molar-refractivity contribution in [1.82, 2.24) is 0 Å². The van der Waals surface area contributed by atoms with Gasteiger partial charge >= 0.3 is 51.4 Å². The van der Waals surface area contributed by atoms with Crippen LogP contribution in [0.25, 0.3) is 0 Å². The molecule has 0 unspecified atom stereocenters. The van der Waals surface area contributed by atoms with Gasteiger partial charge < -0.3 is 19.2 Å². The summed E-state index contributed by atoms with van der Waals surface area (Å²) in [6, 6.07) is 0. The quantitative estimate of drug-likeness (QED) is 0.227. The minimum absolute atomic E-state index is 0. The first-order valence-electron chi connectivity index (χ1n) is 1.03. The SMILES string of the molecule is O=[N+]([O-])O.[K+].[O-][Cl+2]([O-])[O-]. The van der Waals surface area contributed by atoms with Crippen LogP contribution < -0.4 is 65.4 Å². The zero-order chi connectivity index (χ0) is 7.15. The van der Waals surface area contributed by atoms with E-state index in [4.69, 9.17) is 29.3 Å². The van der Waals surface area contributed by atoms with E-state index >= 15 is 0 Å². The zero-order valence-electron chi connectivity index (χ0n) is 4.31. The Morgan fingerprint density at radius 1 is 1.33 bits per heavy atom. The fourth-order valence-corrected chi connectivity index (χ4v) is 0. The van der Waals surface area contributed by atoms with Gasteiger partial charge in [0.1, 0.15) is 0 Å². The van der Waals surface area contributed by atoms with Gasteiger partial charge in [-0.15, -0.1) is 10.1 Å². The average molecular weight is 186 g/mol. The first kappa shape index (κ1) is 16.5. The van der Waals surface area contributed by atoms with Crippen LogP contribution in [-0.2, 0) is 0 Å². The molecule has 1 N–H and O–H groups in total. The minimum atomic E-state index is -2.85. The van der Waals surface area contributed by atoms with Crippen molar-refractivity contribution < 1.29 is 86.4 Å². The molecule has 0 aromatic rings. The second-order valence-electron chi connectivity index (χ2n) is 0.427. The molecule has 0 saturated heterocycles. The Bertz CT molecular complexity index is 57.3. The van der Waals surface area contributed by atoms with Crippen molar-refractivity contribution >= 4 is 0 Å². The van der Waals surface area contributed by atoms with E-state index < -0.39 is 15.9 Å². The molecule has 0 aliphatic carbocycles. The van der Waals surface area contributed by atoms with Gasteiger partial charge in [-0.25, -0.2) is 0 Å². The zero-order valence-corrected chi connectivity index (χ0v) is 8.19. The first-order chi connectivity index (χ1) is 3.46. The Morgan fingerprint density at radius 2 is 1.33 bits per heavy atom. The Morgan fingerprint density at radius 3 is 1.33 bits per heavy atom. The molecule has 0 aromatic heterocycles. The van der Waals surface area contributed by atoms with E-state index in [-0.39, 0.29) is 51.4 Å². The van der Waals surface area contributed by atoms with Crippen LogP contribution in [0, 0.1) is 20.9 Å². The summed E-state index contributed by atoms with van der Waals surface area (Å²) in [6.07, 6.45) is 0. The van der Waals surface area contributed by atoms with Gasteiger partial charge in [0.2, 0.25) is 0 Å². The van der Waals surface area contributed by atoms with E-state index in [0.717, 1.165) is 0 Å². The van der Waals surface area contributed by atoms with E-state index in [9.17, 15) is 0 Å². The molecule has 7 nitrogen and oxygen atoms in total. The van der Waals surface area contributed by atoms with Gasteiger partial charge in [-0.3, -0.25) is 0 Å². The van der Waals surface area contributed by atoms with E-state index in [0.29, 0.717) is 0 Å². The second kappa shape index (κ2) is 11.8. The standard InChI is InChI=1S/ClO3.K.HNO3/c2-1(3)4;;2-1(3)4/h;;(H,2,3,4)/q-1;+1;. The topological polar surface area (TPSA) is 133 Å². The van der Waals surface area contributed by atoms with Gasteiger partial charge in [0, 0.05) is 0 Å². The molecule has 9 heteroatoms. The summed E-state index contributed by atoms with van der Waals surface area (Å²) in [5, 5.41) is 13.6. The third-order valence-corrected chi connectivity index (χ3v) is 0. The van der Waals surface area contributed by atoms with Gasteiger partial charge in [-0.05, 0) is 0 Å². The van der Waals surface area contributed by atoms with Crippen LogP contribution in [0.2, 0.25) is 0 Å². The van der Waals surface area contributed by atoms with Gasteiger partial charge in [0.25, 0.3) is 5.09 Å². The Balaban J connectivity index is -0.0000000720. The predicted molar refractivity (Wildman–Crippen MR) is 8.78 cm³/mol. The molecule has 50 valence electrons. The molecule has 0 fully saturated rings. The molecule has 0 spiro atoms. The van der Waals surface area contributed by atoms with Crippen molar-refractivity contribution in [2.75, 3.05) is 0 Å². The molecule has 0 aliphatic rings. The normalized spacial score (nSPS) is 6.67. The molecule has 0 amide bonds. The van der Waals surface area contributed by atoms with Gasteiger partial charge in [-0.2, -0.15) is 0 Å². The fraction of sp³-hybridized carbons (Fsp3) is 0. The maximum Gasteiger partial charge on any atom is 1.00 e. The van der Waals surface area contributed by atoms with E-state index in [2.05, 4.69) is 0 Å². The summed E-state index contributed by atoms with van der Waals surface area (Å²) in [5.41, 5.74) is 0. The van der Waals surface area contributed by atoms with E-state index in [1.54, 1.807) is 0 Å². The van der Waals surface area contributed by atoms with Crippen molar-refractivity contribution in [2.24, 2.45) is 0 Å². The van der Waals surface area contributed by atoms with Crippen LogP contribution in [0.15, 0.2) is 0 Å². The maximum atomic E-state index is 8.41. The summed E-state index contributed by atoms with van der Waals surface area (Å²) in [6.45, 7) is 0. The molecule has 0 aromatic carbocycles. The molecule has 0 radical (unpaired) electrons. The Hall–Kier alpha value is 1.01. The summed E-state index contributed by atoms with van der Waals surface area (Å²) in [5.74, 6) is 0. The van der Waals surface area contributed by atoms with Gasteiger partial charge in [-0.1, -0.05) is 0 Å². The molecule has 9 heavy (non-hydrogen) atoms. The molecule has 0 heterocycles. The number of rotatable bonds is 0. The van der Waals surface area contributed by atoms with Gasteiger partial charge in [0.05, 0.1) is 10.8 Å². The third kappa shape index (κ3) is 437. The summed E-state index contributed by atoms with van der Waals surface area (Å²) >= 11 is 0. The minimum Gasteiger partial charge on any atom is -0.357 e. The van der Waals surface area contributed by atoms with E-state index in [1.807, 2.05) is 0 Å². The number of hydrogen-bond acceptors (Lipinski definition) is 5. The summed E-state index contributed by atoms with van der Waals surface area (Å²) < 4.78 is 25.2. The van der Waals surface area contributed by atoms with Crippen molar-refractivity contribution in [3.8, 4) is 0 Å². The van der Waals surface area contributed by atoms with E-state index in [1.165, 1.54) is 0 Å². The molecular weight excluding hydrogens is 185 g/mol. The Kier molecular flexibility index (Phi) is 21.6. The second-order valence-corrected chi connectivity index (χ2v) is 0.805. The van der Waals surface area contributed by atoms with Gasteiger partial charge in [0.15, 0.2) is 0 Å². The van der Waals surface area contributed by atoms with Crippen LogP contribution >= 0.6 is 0 Å². The van der Waals surface area contributed by atoms with Crippen LogP contribution in [0.1, 0.15) is 0 Å². The Labute approximate surface area is 95.2 Å². The summed E-state index contributed by atoms with van der Waals surface area (Å²) in [7, 11) is -2.85. The van der Waals surface area contributed by atoms with Crippen molar-refractivity contribution in [3.05, 3.63) is 10.1 Å². The van der Waals surface area contributed by atoms with Crippen molar-refractivity contribution in [1.29, 1.82) is 0 Å². The fourth-order valence-electron chi connectivity index (χ4n) is 0. The number of nitrogens with zero attached hydrogens (tertiary/aromatic N) is 1. The van der Waals surface area contributed by atoms with Crippen LogP contribution in [-0.4, -0.2) is 10.3 Å². The van der Waals surface area contributed by atoms with Crippen molar-refractivity contribution in [2.45, 2.75) is 0 Å². The molecule has 0 rings (SSSR count). The van der Waals surface area contributed by atoms with Crippen LogP contribution in [0.3, 0.4) is 0 Å². The number of hydrogen-bond donors (Lipinski definition) is 1. The third-order valence-electron chi connectivity index (χ3n) is 0. The summed E-state index contributed by atoms with van der Waals surface area (Å²) in [4.78, 5) is 8.36.